The van der Waals surface area contributed by atoms with Gasteiger partial charge in [0.25, 0.3) is 10.2 Å². The van der Waals surface area contributed by atoms with Gasteiger partial charge >= 0.3 is 0 Å². The van der Waals surface area contributed by atoms with Crippen LogP contribution in [0.15, 0.2) is 93.9 Å². The Balaban J connectivity index is 0.00000205. The summed E-state index contributed by atoms with van der Waals surface area (Å²) >= 11 is 7.55. The standard InChI is InChI=1S/C26H29ClN6O2S2.C2H6/c1-18-8-14-23(15-9-18)36-31-26(29-16-19(2)32-37(28,34)35)33-17-24(20-6-4-3-5-7-20)25(30-33)21-10-12-22(27)13-11-21;1-2/h3-15,19,24,32H,16-17H2,1-2H3,(H,29,31)(H2,28,34,35);1-2H3/t19-,24?;/m1./s1. The van der Waals surface area contributed by atoms with Crippen molar-refractivity contribution in [2.24, 2.45) is 15.2 Å². The molecule has 0 saturated heterocycles. The Labute approximate surface area is 241 Å². The van der Waals surface area contributed by atoms with E-state index in [4.69, 9.17) is 26.8 Å². The molecule has 3 aromatic carbocycles. The third-order valence-corrected chi connectivity index (χ3v) is 7.44. The first kappa shape index (κ1) is 30.6. The van der Waals surface area contributed by atoms with Crippen molar-refractivity contribution in [3.05, 3.63) is 101 Å². The molecule has 3 aromatic rings. The Morgan fingerprint density at radius 2 is 1.74 bits per heavy atom. The number of hydrogen-bond donors (Lipinski definition) is 3. The molecular formula is C28H35ClN6O2S2. The molecule has 0 saturated carbocycles. The first-order valence-electron chi connectivity index (χ1n) is 12.7. The fourth-order valence-corrected chi connectivity index (χ4v) is 5.29. The van der Waals surface area contributed by atoms with E-state index in [1.54, 1.807) is 6.92 Å². The zero-order valence-electron chi connectivity index (χ0n) is 22.5. The van der Waals surface area contributed by atoms with Crippen LogP contribution in [0.5, 0.6) is 0 Å². The molecule has 1 aliphatic heterocycles. The average molecular weight is 587 g/mol. The second-order valence-corrected chi connectivity index (χ2v) is 11.4. The maximum atomic E-state index is 11.5. The molecule has 0 bridgehead atoms. The summed E-state index contributed by atoms with van der Waals surface area (Å²) in [5.41, 5.74) is 4.17. The quantitative estimate of drug-likeness (QED) is 0.188. The van der Waals surface area contributed by atoms with Gasteiger partial charge in [-0.05, 0) is 61.2 Å². The number of halogens is 1. The highest BCUT2D eigenvalue weighted by molar-refractivity contribution is 7.98. The van der Waals surface area contributed by atoms with Gasteiger partial charge in [-0.3, -0.25) is 4.72 Å². The Hall–Kier alpha value is -2.89. The van der Waals surface area contributed by atoms with Gasteiger partial charge in [-0.25, -0.2) is 15.1 Å². The van der Waals surface area contributed by atoms with E-state index >= 15 is 0 Å². The summed E-state index contributed by atoms with van der Waals surface area (Å²) in [5, 5.41) is 12.6. The molecule has 208 valence electrons. The maximum absolute atomic E-state index is 11.5. The largest absolute Gasteiger partial charge is 0.295 e. The number of hydrazone groups is 1. The molecule has 0 aliphatic carbocycles. The van der Waals surface area contributed by atoms with E-state index in [1.807, 2.05) is 92.5 Å². The second-order valence-electron chi connectivity index (χ2n) is 8.78. The van der Waals surface area contributed by atoms with E-state index in [1.165, 1.54) is 17.5 Å². The molecule has 4 N–H and O–H groups in total. The Morgan fingerprint density at radius 3 is 2.36 bits per heavy atom. The Bertz CT molecular complexity index is 1370. The summed E-state index contributed by atoms with van der Waals surface area (Å²) < 4.78 is 28.6. The molecule has 1 aliphatic rings. The number of hydrogen-bond acceptors (Lipinski definition) is 5. The number of guanidine groups is 1. The zero-order chi connectivity index (χ0) is 28.4. The molecule has 0 radical (unpaired) electrons. The molecule has 11 heteroatoms. The first-order valence-corrected chi connectivity index (χ1v) is 15.4. The number of aliphatic imine (C=N–C) groups is 1. The van der Waals surface area contributed by atoms with Crippen molar-refractivity contribution in [2.45, 2.75) is 44.6 Å². The van der Waals surface area contributed by atoms with Crippen LogP contribution in [-0.2, 0) is 10.2 Å². The van der Waals surface area contributed by atoms with Crippen molar-refractivity contribution in [2.75, 3.05) is 13.1 Å². The number of rotatable bonds is 8. The van der Waals surface area contributed by atoms with Crippen molar-refractivity contribution in [1.82, 2.24) is 14.5 Å². The van der Waals surface area contributed by atoms with E-state index in [0.29, 0.717) is 17.5 Å². The third-order valence-electron chi connectivity index (χ3n) is 5.66. The lowest BCUT2D eigenvalue weighted by Crippen LogP contribution is -2.40. The van der Waals surface area contributed by atoms with Gasteiger partial charge in [-0.15, -0.1) is 0 Å². The highest BCUT2D eigenvalue weighted by Gasteiger charge is 2.31. The van der Waals surface area contributed by atoms with E-state index in [0.717, 1.165) is 21.7 Å². The predicted octanol–water partition coefficient (Wildman–Crippen LogP) is 5.31. The van der Waals surface area contributed by atoms with Crippen molar-refractivity contribution >= 4 is 45.4 Å². The molecule has 0 spiro atoms. The lowest BCUT2D eigenvalue weighted by atomic mass is 9.91. The van der Waals surface area contributed by atoms with Crippen molar-refractivity contribution < 1.29 is 8.42 Å². The maximum Gasteiger partial charge on any atom is 0.274 e. The second kappa shape index (κ2) is 14.5. The fourth-order valence-electron chi connectivity index (χ4n) is 3.88. The zero-order valence-corrected chi connectivity index (χ0v) is 24.9. The van der Waals surface area contributed by atoms with Gasteiger partial charge < -0.3 is 0 Å². The van der Waals surface area contributed by atoms with Gasteiger partial charge in [-0.1, -0.05) is 85.6 Å². The average Bonchev–Trinajstić information content (AvgIpc) is 3.36. The van der Waals surface area contributed by atoms with Crippen LogP contribution in [0.25, 0.3) is 0 Å². The fraction of sp³-hybridized carbons (Fsp3) is 0.286. The molecule has 8 nitrogen and oxygen atoms in total. The van der Waals surface area contributed by atoms with E-state index in [9.17, 15) is 8.42 Å². The molecular weight excluding hydrogens is 552 g/mol. The minimum atomic E-state index is -3.84. The highest BCUT2D eigenvalue weighted by Crippen LogP contribution is 2.30. The summed E-state index contributed by atoms with van der Waals surface area (Å²) in [5.74, 6) is 0.511. The van der Waals surface area contributed by atoms with Crippen molar-refractivity contribution in [3.63, 3.8) is 0 Å². The molecule has 0 aromatic heterocycles. The summed E-state index contributed by atoms with van der Waals surface area (Å²) in [6.45, 7) is 8.47. The normalized spacial score (nSPS) is 16.3. The van der Waals surface area contributed by atoms with Crippen LogP contribution >= 0.6 is 23.5 Å². The van der Waals surface area contributed by atoms with Gasteiger partial charge in [0, 0.05) is 21.9 Å². The van der Waals surface area contributed by atoms with Crippen molar-refractivity contribution in [3.8, 4) is 0 Å². The Kier molecular flexibility index (Phi) is 11.4. The van der Waals surface area contributed by atoms with E-state index < -0.39 is 16.3 Å². The number of nitrogens with one attached hydrogen (secondary N) is 2. The van der Waals surface area contributed by atoms with Crippen LogP contribution in [0, 0.1) is 6.92 Å². The smallest absolute Gasteiger partial charge is 0.274 e. The molecule has 39 heavy (non-hydrogen) atoms. The molecule has 1 heterocycles. The van der Waals surface area contributed by atoms with Crippen LogP contribution < -0.4 is 14.6 Å². The van der Waals surface area contributed by atoms with Crippen LogP contribution in [0.4, 0.5) is 0 Å². The van der Waals surface area contributed by atoms with E-state index in [-0.39, 0.29) is 12.5 Å². The summed E-state index contributed by atoms with van der Waals surface area (Å²) in [6.07, 6.45) is 0. The van der Waals surface area contributed by atoms with Crippen LogP contribution in [-0.4, -0.2) is 44.2 Å². The van der Waals surface area contributed by atoms with Crippen LogP contribution in [0.2, 0.25) is 5.02 Å². The molecule has 1 unspecified atom stereocenters. The highest BCUT2D eigenvalue weighted by atomic mass is 35.5. The molecule has 4 rings (SSSR count). The van der Waals surface area contributed by atoms with Gasteiger partial charge in [0.05, 0.1) is 18.8 Å². The monoisotopic (exact) mass is 586 g/mol. The lowest BCUT2D eigenvalue weighted by molar-refractivity contribution is 0.462. The van der Waals surface area contributed by atoms with Crippen LogP contribution in [0.3, 0.4) is 0 Å². The van der Waals surface area contributed by atoms with Crippen molar-refractivity contribution in [1.29, 1.82) is 0 Å². The SMILES string of the molecule is CC.Cc1ccc(SNC(=NC[C@@H](C)NS(N)(=O)=O)N2CC(c3ccccc3)C(c3ccc(Cl)cc3)=N2)cc1. The molecule has 0 amide bonds. The topological polar surface area (TPSA) is 112 Å². The van der Waals surface area contributed by atoms with Gasteiger partial charge in [-0.2, -0.15) is 18.2 Å². The minimum absolute atomic E-state index is 0.00119. The molecule has 0 fully saturated rings. The van der Waals surface area contributed by atoms with E-state index in [2.05, 4.69) is 21.6 Å². The summed E-state index contributed by atoms with van der Waals surface area (Å²) in [6, 6.07) is 25.4. The number of nitrogens with zero attached hydrogens (tertiary/aromatic N) is 3. The number of aryl methyl sites for hydroxylation is 1. The summed E-state index contributed by atoms with van der Waals surface area (Å²) in [4.78, 5) is 5.70. The van der Waals surface area contributed by atoms with Gasteiger partial charge in [0.1, 0.15) is 0 Å². The molecule has 2 atom stereocenters. The van der Waals surface area contributed by atoms with Gasteiger partial charge in [0.15, 0.2) is 0 Å². The third kappa shape index (κ3) is 9.36. The Morgan fingerprint density at radius 1 is 1.10 bits per heavy atom. The number of benzene rings is 3. The number of nitrogens with two attached hydrogens (primary N) is 1. The summed E-state index contributed by atoms with van der Waals surface area (Å²) in [7, 11) is -3.84. The van der Waals surface area contributed by atoms with Crippen LogP contribution in [0.1, 0.15) is 43.4 Å². The first-order chi connectivity index (χ1) is 18.7. The van der Waals surface area contributed by atoms with Gasteiger partial charge in [0.2, 0.25) is 5.96 Å². The lowest BCUT2D eigenvalue weighted by Gasteiger charge is -2.20. The minimum Gasteiger partial charge on any atom is -0.295 e. The predicted molar refractivity (Wildman–Crippen MR) is 163 cm³/mol.